The molecule has 0 aliphatic heterocycles. The van der Waals surface area contributed by atoms with Crippen molar-refractivity contribution in [2.75, 3.05) is 11.9 Å². The van der Waals surface area contributed by atoms with Crippen molar-refractivity contribution in [2.24, 2.45) is 7.05 Å². The summed E-state index contributed by atoms with van der Waals surface area (Å²) < 4.78 is 1.59. The second-order valence-electron chi connectivity index (χ2n) is 7.12. The van der Waals surface area contributed by atoms with Gasteiger partial charge in [-0.1, -0.05) is 18.2 Å². The van der Waals surface area contributed by atoms with Crippen molar-refractivity contribution in [1.29, 1.82) is 0 Å². The molecule has 0 aliphatic carbocycles. The number of aromatic nitrogens is 4. The summed E-state index contributed by atoms with van der Waals surface area (Å²) in [4.78, 5) is 26.5. The lowest BCUT2D eigenvalue weighted by Crippen LogP contribution is -2.20. The molecule has 0 saturated heterocycles. The third-order valence-corrected chi connectivity index (χ3v) is 4.98. The zero-order valence-electron chi connectivity index (χ0n) is 17.0. The summed E-state index contributed by atoms with van der Waals surface area (Å²) >= 11 is 0. The van der Waals surface area contributed by atoms with E-state index in [1.54, 1.807) is 17.8 Å². The molecule has 3 aromatic heterocycles. The smallest absolute Gasteiger partial charge is 0.259 e. The van der Waals surface area contributed by atoms with Gasteiger partial charge in [0.1, 0.15) is 5.65 Å². The summed E-state index contributed by atoms with van der Waals surface area (Å²) in [5, 5.41) is 3.91. The molecule has 1 aromatic carbocycles. The molecule has 6 heteroatoms. The first kappa shape index (κ1) is 18.8. The minimum atomic E-state index is -0.0804. The lowest BCUT2D eigenvalue weighted by molar-refractivity contribution is 0.885. The van der Waals surface area contributed by atoms with Gasteiger partial charge >= 0.3 is 0 Å². The van der Waals surface area contributed by atoms with Gasteiger partial charge in [-0.3, -0.25) is 14.3 Å². The van der Waals surface area contributed by atoms with Crippen LogP contribution in [0.3, 0.4) is 0 Å². The molecule has 0 bridgehead atoms. The van der Waals surface area contributed by atoms with Gasteiger partial charge in [0.25, 0.3) is 5.56 Å². The number of hydrogen-bond acceptors (Lipinski definition) is 5. The van der Waals surface area contributed by atoms with E-state index in [1.165, 1.54) is 0 Å². The van der Waals surface area contributed by atoms with Crippen molar-refractivity contribution < 1.29 is 0 Å². The molecule has 0 aliphatic rings. The molecule has 0 amide bonds. The zero-order chi connectivity index (χ0) is 20.5. The Morgan fingerprint density at radius 1 is 1.03 bits per heavy atom. The molecule has 1 N–H and O–H groups in total. The fraction of sp³-hybridized carbons (Fsp3) is 0.217. The van der Waals surface area contributed by atoms with E-state index < -0.39 is 0 Å². The Morgan fingerprint density at radius 3 is 2.59 bits per heavy atom. The fourth-order valence-corrected chi connectivity index (χ4v) is 3.51. The normalized spacial score (nSPS) is 11.0. The van der Waals surface area contributed by atoms with E-state index in [0.29, 0.717) is 17.2 Å². The van der Waals surface area contributed by atoms with Gasteiger partial charge < -0.3 is 5.32 Å². The number of benzene rings is 1. The van der Waals surface area contributed by atoms with E-state index in [-0.39, 0.29) is 5.56 Å². The van der Waals surface area contributed by atoms with Gasteiger partial charge in [-0.2, -0.15) is 4.98 Å². The number of nitrogens with zero attached hydrogens (tertiary/aromatic N) is 4. The zero-order valence-corrected chi connectivity index (χ0v) is 17.0. The number of rotatable bonds is 4. The van der Waals surface area contributed by atoms with Crippen LogP contribution in [0.25, 0.3) is 33.4 Å². The van der Waals surface area contributed by atoms with Gasteiger partial charge in [-0.25, -0.2) is 4.98 Å². The summed E-state index contributed by atoms with van der Waals surface area (Å²) in [5.74, 6) is 0.522. The number of nitrogens with one attached hydrogen (secondary N) is 1. The number of pyridine rings is 2. The van der Waals surface area contributed by atoms with E-state index >= 15 is 0 Å². The van der Waals surface area contributed by atoms with E-state index in [2.05, 4.69) is 26.3 Å². The predicted octanol–water partition coefficient (Wildman–Crippen LogP) is 4.11. The average Bonchev–Trinajstić information content (AvgIpc) is 2.71. The predicted molar refractivity (Wildman–Crippen MR) is 117 cm³/mol. The van der Waals surface area contributed by atoms with Crippen molar-refractivity contribution >= 4 is 17.0 Å². The Bertz CT molecular complexity index is 1280. The van der Waals surface area contributed by atoms with Crippen LogP contribution in [-0.4, -0.2) is 26.1 Å². The van der Waals surface area contributed by atoms with Gasteiger partial charge in [-0.05, 0) is 56.2 Å². The van der Waals surface area contributed by atoms with Crippen LogP contribution >= 0.6 is 0 Å². The molecular weight excluding hydrogens is 362 g/mol. The SMILES string of the molecule is CCNc1ncc2cc(-c3ccc(-c4cccc(C)n4)cc3C)c(=O)n(C)c2n1. The first-order valence-electron chi connectivity index (χ1n) is 9.63. The number of fused-ring (bicyclic) bond motifs is 1. The maximum Gasteiger partial charge on any atom is 0.259 e. The van der Waals surface area contributed by atoms with E-state index in [9.17, 15) is 4.79 Å². The van der Waals surface area contributed by atoms with Crippen molar-refractivity contribution in [3.05, 3.63) is 70.3 Å². The van der Waals surface area contributed by atoms with Crippen LogP contribution in [0.2, 0.25) is 0 Å². The van der Waals surface area contributed by atoms with E-state index in [4.69, 9.17) is 0 Å². The number of hydrogen-bond donors (Lipinski definition) is 1. The summed E-state index contributed by atoms with van der Waals surface area (Å²) in [6, 6.07) is 13.9. The van der Waals surface area contributed by atoms with E-state index in [1.807, 2.05) is 57.2 Å². The van der Waals surface area contributed by atoms with Crippen molar-refractivity contribution in [2.45, 2.75) is 20.8 Å². The largest absolute Gasteiger partial charge is 0.354 e. The topological polar surface area (TPSA) is 72.7 Å². The minimum Gasteiger partial charge on any atom is -0.354 e. The third-order valence-electron chi connectivity index (χ3n) is 4.98. The Morgan fingerprint density at radius 2 is 1.86 bits per heavy atom. The van der Waals surface area contributed by atoms with Crippen molar-refractivity contribution in [3.63, 3.8) is 0 Å². The molecule has 146 valence electrons. The number of aryl methyl sites for hydroxylation is 3. The molecule has 0 saturated carbocycles. The van der Waals surface area contributed by atoms with Crippen LogP contribution in [0.5, 0.6) is 0 Å². The highest BCUT2D eigenvalue weighted by Crippen LogP contribution is 2.27. The molecule has 0 fully saturated rings. The highest BCUT2D eigenvalue weighted by molar-refractivity contribution is 5.83. The lowest BCUT2D eigenvalue weighted by atomic mass is 9.97. The summed E-state index contributed by atoms with van der Waals surface area (Å²) in [7, 11) is 1.75. The Balaban J connectivity index is 1.83. The number of anilines is 1. The van der Waals surface area contributed by atoms with Crippen LogP contribution in [-0.2, 0) is 7.05 Å². The lowest BCUT2D eigenvalue weighted by Gasteiger charge is -2.12. The van der Waals surface area contributed by atoms with Crippen LogP contribution in [0.4, 0.5) is 5.95 Å². The molecule has 0 spiro atoms. The maximum absolute atomic E-state index is 13.1. The molecule has 6 nitrogen and oxygen atoms in total. The van der Waals surface area contributed by atoms with Crippen LogP contribution in [0.1, 0.15) is 18.2 Å². The monoisotopic (exact) mass is 385 g/mol. The van der Waals surface area contributed by atoms with Crippen molar-refractivity contribution in [1.82, 2.24) is 19.5 Å². The molecule has 3 heterocycles. The first-order valence-corrected chi connectivity index (χ1v) is 9.63. The second kappa shape index (κ2) is 7.47. The molecular formula is C23H23N5O. The standard InChI is InChI=1S/C23H23N5O/c1-5-24-23-25-13-17-12-19(22(29)28(4)21(17)27-23)18-10-9-16(11-14(18)2)20-8-6-7-15(3)26-20/h6-13H,5H2,1-4H3,(H,24,25,27). The highest BCUT2D eigenvalue weighted by atomic mass is 16.1. The van der Waals surface area contributed by atoms with Crippen LogP contribution < -0.4 is 10.9 Å². The van der Waals surface area contributed by atoms with Gasteiger partial charge in [0.15, 0.2) is 0 Å². The summed E-state index contributed by atoms with van der Waals surface area (Å²) in [6.07, 6.45) is 1.75. The first-order chi connectivity index (χ1) is 14.0. The Labute approximate surface area is 169 Å². The fourth-order valence-electron chi connectivity index (χ4n) is 3.51. The molecule has 4 rings (SSSR count). The summed E-state index contributed by atoms with van der Waals surface area (Å²) in [6.45, 7) is 6.70. The molecule has 0 unspecified atom stereocenters. The molecule has 0 radical (unpaired) electrons. The molecule has 0 atom stereocenters. The van der Waals surface area contributed by atoms with Crippen LogP contribution in [0, 0.1) is 13.8 Å². The van der Waals surface area contributed by atoms with Crippen molar-refractivity contribution in [3.8, 4) is 22.4 Å². The molecule has 29 heavy (non-hydrogen) atoms. The van der Waals surface area contributed by atoms with Gasteiger partial charge in [-0.15, -0.1) is 0 Å². The van der Waals surface area contributed by atoms with Gasteiger partial charge in [0.2, 0.25) is 5.95 Å². The van der Waals surface area contributed by atoms with E-state index in [0.717, 1.165) is 40.0 Å². The van der Waals surface area contributed by atoms with Gasteiger partial charge in [0, 0.05) is 42.0 Å². The minimum absolute atomic E-state index is 0.0804. The average molecular weight is 385 g/mol. The molecule has 4 aromatic rings. The Hall–Kier alpha value is -3.54. The quantitative estimate of drug-likeness (QED) is 0.572. The second-order valence-corrected chi connectivity index (χ2v) is 7.12. The van der Waals surface area contributed by atoms with Gasteiger partial charge in [0.05, 0.1) is 5.69 Å². The summed E-state index contributed by atoms with van der Waals surface area (Å²) in [5.41, 5.74) is 6.03. The Kier molecular flexibility index (Phi) is 4.84. The highest BCUT2D eigenvalue weighted by Gasteiger charge is 2.13. The van der Waals surface area contributed by atoms with Crippen LogP contribution in [0.15, 0.2) is 53.5 Å². The third kappa shape index (κ3) is 3.49. The maximum atomic E-state index is 13.1.